The zero-order chi connectivity index (χ0) is 21.1. The molecule has 1 aliphatic heterocycles. The van der Waals surface area contributed by atoms with Gasteiger partial charge in [-0.3, -0.25) is 14.2 Å². The van der Waals surface area contributed by atoms with Gasteiger partial charge in [0.15, 0.2) is 0 Å². The van der Waals surface area contributed by atoms with Crippen LogP contribution in [-0.2, 0) is 29.6 Å². The molecule has 2 amide bonds. The van der Waals surface area contributed by atoms with Crippen molar-refractivity contribution in [1.29, 1.82) is 0 Å². The van der Waals surface area contributed by atoms with Gasteiger partial charge in [-0.25, -0.2) is 9.48 Å². The summed E-state index contributed by atoms with van der Waals surface area (Å²) in [6, 6.07) is 9.94. The molecule has 2 aromatic rings. The van der Waals surface area contributed by atoms with E-state index in [2.05, 4.69) is 10.4 Å². The minimum absolute atomic E-state index is 0.0829. The molecule has 1 aliphatic carbocycles. The number of nitrogens with zero attached hydrogens (tertiary/aromatic N) is 4. The highest BCUT2D eigenvalue weighted by molar-refractivity contribution is 5.81. The second-order valence-corrected chi connectivity index (χ2v) is 8.32. The Morgan fingerprint density at radius 2 is 1.80 bits per heavy atom. The van der Waals surface area contributed by atoms with Gasteiger partial charge < -0.3 is 10.2 Å². The van der Waals surface area contributed by atoms with Gasteiger partial charge in [-0.1, -0.05) is 30.3 Å². The Kier molecular flexibility index (Phi) is 6.01. The number of rotatable bonds is 7. The van der Waals surface area contributed by atoms with Crippen LogP contribution in [0.2, 0.25) is 0 Å². The summed E-state index contributed by atoms with van der Waals surface area (Å²) >= 11 is 0. The Bertz CT molecular complexity index is 953. The molecule has 1 saturated heterocycles. The molecule has 0 spiro atoms. The summed E-state index contributed by atoms with van der Waals surface area (Å²) in [4.78, 5) is 39.0. The molecule has 4 rings (SSSR count). The van der Waals surface area contributed by atoms with Crippen LogP contribution in [0, 0.1) is 5.92 Å². The van der Waals surface area contributed by atoms with Gasteiger partial charge in [0, 0.05) is 38.5 Å². The average molecular weight is 412 g/mol. The second-order valence-electron chi connectivity index (χ2n) is 8.32. The largest absolute Gasteiger partial charge is 0.354 e. The lowest BCUT2D eigenvalue weighted by Gasteiger charge is -2.31. The maximum absolute atomic E-state index is 12.6. The molecule has 1 aromatic carbocycles. The first-order valence-electron chi connectivity index (χ1n) is 10.8. The summed E-state index contributed by atoms with van der Waals surface area (Å²) in [6.07, 6.45) is 4.38. The standard InChI is InChI=1S/C22H29N5O3/c1-25-20(17-10-13-26(14-11-17)21(29)18-7-8-18)24-27(22(25)30)15-19(28)23-12-9-16-5-3-2-4-6-16/h2-6,17-18H,7-15H2,1H3,(H,23,28). The number of carbonyl (C=O) groups excluding carboxylic acids is 2. The number of likely N-dealkylation sites (tertiary alicyclic amines) is 1. The number of nitrogens with one attached hydrogen (secondary N) is 1. The van der Waals surface area contributed by atoms with E-state index >= 15 is 0 Å². The quantitative estimate of drug-likeness (QED) is 0.738. The minimum atomic E-state index is -0.278. The Balaban J connectivity index is 1.31. The Hall–Kier alpha value is -2.90. The third kappa shape index (κ3) is 4.63. The molecule has 0 unspecified atom stereocenters. The van der Waals surface area contributed by atoms with Gasteiger partial charge >= 0.3 is 5.69 Å². The molecule has 30 heavy (non-hydrogen) atoms. The van der Waals surface area contributed by atoms with E-state index in [1.54, 1.807) is 11.6 Å². The molecule has 1 saturated carbocycles. The number of aromatic nitrogens is 3. The van der Waals surface area contributed by atoms with E-state index in [4.69, 9.17) is 0 Å². The van der Waals surface area contributed by atoms with Crippen LogP contribution >= 0.6 is 0 Å². The first kappa shape index (κ1) is 20.4. The molecule has 1 aromatic heterocycles. The van der Waals surface area contributed by atoms with Crippen molar-refractivity contribution >= 4 is 11.8 Å². The monoisotopic (exact) mass is 411 g/mol. The van der Waals surface area contributed by atoms with E-state index < -0.39 is 0 Å². The number of amides is 2. The van der Waals surface area contributed by atoms with Crippen LogP contribution < -0.4 is 11.0 Å². The molecule has 8 nitrogen and oxygen atoms in total. The third-order valence-electron chi connectivity index (χ3n) is 6.04. The van der Waals surface area contributed by atoms with E-state index in [-0.39, 0.29) is 35.9 Å². The number of hydrogen-bond acceptors (Lipinski definition) is 4. The summed E-state index contributed by atoms with van der Waals surface area (Å²) in [5, 5.41) is 7.32. The topological polar surface area (TPSA) is 89.2 Å². The van der Waals surface area contributed by atoms with Crippen molar-refractivity contribution in [2.24, 2.45) is 13.0 Å². The Labute approximate surface area is 175 Å². The van der Waals surface area contributed by atoms with Gasteiger partial charge in [-0.05, 0) is 37.7 Å². The van der Waals surface area contributed by atoms with Crippen molar-refractivity contribution in [3.05, 3.63) is 52.2 Å². The summed E-state index contributed by atoms with van der Waals surface area (Å²) in [5.74, 6) is 1.14. The smallest absolute Gasteiger partial charge is 0.346 e. The zero-order valence-electron chi connectivity index (χ0n) is 17.4. The average Bonchev–Trinajstić information content (AvgIpc) is 3.57. The van der Waals surface area contributed by atoms with Gasteiger partial charge in [0.1, 0.15) is 12.4 Å². The van der Waals surface area contributed by atoms with Crippen molar-refractivity contribution in [2.75, 3.05) is 19.6 Å². The van der Waals surface area contributed by atoms with Crippen LogP contribution in [0.5, 0.6) is 0 Å². The van der Waals surface area contributed by atoms with Crippen LogP contribution in [0.1, 0.15) is 43.0 Å². The normalized spacial score (nSPS) is 17.2. The maximum Gasteiger partial charge on any atom is 0.346 e. The molecular weight excluding hydrogens is 382 g/mol. The highest BCUT2D eigenvalue weighted by Gasteiger charge is 2.36. The van der Waals surface area contributed by atoms with E-state index in [1.807, 2.05) is 35.2 Å². The van der Waals surface area contributed by atoms with Gasteiger partial charge in [0.2, 0.25) is 11.8 Å². The molecule has 2 heterocycles. The fourth-order valence-corrected chi connectivity index (χ4v) is 4.09. The van der Waals surface area contributed by atoms with Crippen LogP contribution in [0.4, 0.5) is 0 Å². The highest BCUT2D eigenvalue weighted by Crippen LogP contribution is 2.33. The number of hydrogen-bond donors (Lipinski definition) is 1. The molecular formula is C22H29N5O3. The number of carbonyl (C=O) groups is 2. The molecule has 8 heteroatoms. The van der Waals surface area contributed by atoms with Crippen molar-refractivity contribution in [3.8, 4) is 0 Å². The molecule has 160 valence electrons. The first-order chi connectivity index (χ1) is 14.5. The van der Waals surface area contributed by atoms with Crippen molar-refractivity contribution in [3.63, 3.8) is 0 Å². The second kappa shape index (κ2) is 8.85. The predicted molar refractivity (Wildman–Crippen MR) is 112 cm³/mol. The summed E-state index contributed by atoms with van der Waals surface area (Å²) < 4.78 is 2.79. The molecule has 0 atom stereocenters. The van der Waals surface area contributed by atoms with E-state index in [9.17, 15) is 14.4 Å². The SMILES string of the molecule is Cn1c(C2CCN(C(=O)C3CC3)CC2)nn(CC(=O)NCCc2ccccc2)c1=O. The van der Waals surface area contributed by atoms with Gasteiger partial charge in [0.25, 0.3) is 0 Å². The summed E-state index contributed by atoms with van der Waals surface area (Å²) in [7, 11) is 1.70. The van der Waals surface area contributed by atoms with Crippen LogP contribution in [0.15, 0.2) is 35.1 Å². The fourth-order valence-electron chi connectivity index (χ4n) is 4.09. The van der Waals surface area contributed by atoms with Crippen LogP contribution in [0.3, 0.4) is 0 Å². The van der Waals surface area contributed by atoms with E-state index in [0.29, 0.717) is 25.5 Å². The van der Waals surface area contributed by atoms with Crippen molar-refractivity contribution in [1.82, 2.24) is 24.6 Å². The first-order valence-corrected chi connectivity index (χ1v) is 10.8. The molecule has 0 bridgehead atoms. The lowest BCUT2D eigenvalue weighted by atomic mass is 9.95. The Morgan fingerprint density at radius 1 is 1.10 bits per heavy atom. The van der Waals surface area contributed by atoms with Crippen molar-refractivity contribution in [2.45, 2.75) is 44.6 Å². The Morgan fingerprint density at radius 3 is 2.47 bits per heavy atom. The van der Waals surface area contributed by atoms with E-state index in [1.165, 1.54) is 4.68 Å². The van der Waals surface area contributed by atoms with Crippen molar-refractivity contribution < 1.29 is 9.59 Å². The molecule has 0 radical (unpaired) electrons. The molecule has 2 fully saturated rings. The van der Waals surface area contributed by atoms with Crippen LogP contribution in [-0.4, -0.2) is 50.7 Å². The fraction of sp³-hybridized carbons (Fsp3) is 0.545. The summed E-state index contributed by atoms with van der Waals surface area (Å²) in [5.41, 5.74) is 0.876. The van der Waals surface area contributed by atoms with E-state index in [0.717, 1.165) is 37.7 Å². The lowest BCUT2D eigenvalue weighted by molar-refractivity contribution is -0.133. The molecule has 1 N–H and O–H groups in total. The third-order valence-corrected chi connectivity index (χ3v) is 6.04. The number of benzene rings is 1. The molecule has 2 aliphatic rings. The number of piperidine rings is 1. The predicted octanol–water partition coefficient (Wildman–Crippen LogP) is 1.06. The zero-order valence-corrected chi connectivity index (χ0v) is 17.4. The highest BCUT2D eigenvalue weighted by atomic mass is 16.2. The lowest BCUT2D eigenvalue weighted by Crippen LogP contribution is -2.39. The van der Waals surface area contributed by atoms with Gasteiger partial charge in [-0.15, -0.1) is 0 Å². The minimum Gasteiger partial charge on any atom is -0.354 e. The summed E-state index contributed by atoms with van der Waals surface area (Å²) in [6.45, 7) is 1.85. The van der Waals surface area contributed by atoms with Gasteiger partial charge in [0.05, 0.1) is 0 Å². The maximum atomic E-state index is 12.6. The van der Waals surface area contributed by atoms with Gasteiger partial charge in [-0.2, -0.15) is 5.10 Å². The van der Waals surface area contributed by atoms with Crippen LogP contribution in [0.25, 0.3) is 0 Å².